The van der Waals surface area contributed by atoms with Crippen LogP contribution in [0.15, 0.2) is 30.3 Å². The molecule has 0 spiro atoms. The molecule has 1 aliphatic carbocycles. The maximum absolute atomic E-state index is 15.2. The molecule has 0 heterocycles. The lowest BCUT2D eigenvalue weighted by Gasteiger charge is -2.23. The molecule has 0 bridgehead atoms. The number of ether oxygens (including phenoxy) is 1. The van der Waals surface area contributed by atoms with Crippen LogP contribution in [0, 0.1) is 17.6 Å². The summed E-state index contributed by atoms with van der Waals surface area (Å²) in [7, 11) is 0. The summed E-state index contributed by atoms with van der Waals surface area (Å²) in [4.78, 5) is 37.6. The van der Waals surface area contributed by atoms with Crippen molar-refractivity contribution in [3.63, 3.8) is 0 Å². The van der Waals surface area contributed by atoms with E-state index in [1.807, 2.05) is 0 Å². The summed E-state index contributed by atoms with van der Waals surface area (Å²) < 4.78 is 68.7. The van der Waals surface area contributed by atoms with Gasteiger partial charge >= 0.3 is 6.36 Å². The van der Waals surface area contributed by atoms with Gasteiger partial charge in [-0.05, 0) is 43.7 Å². The molecule has 1 aliphatic rings. The fraction of sp³-hybridized carbons (Fsp3) is 0.318. The second-order valence-corrected chi connectivity index (χ2v) is 9.74. The highest BCUT2D eigenvalue weighted by Gasteiger charge is 2.56. The van der Waals surface area contributed by atoms with E-state index >= 15 is 4.39 Å². The van der Waals surface area contributed by atoms with Crippen molar-refractivity contribution >= 4 is 69.6 Å². The maximum atomic E-state index is 15.2. The predicted octanol–water partition coefficient (Wildman–Crippen LogP) is 5.89. The molecule has 1 unspecified atom stereocenters. The van der Waals surface area contributed by atoms with Crippen LogP contribution in [0.25, 0.3) is 0 Å². The molecule has 2 aromatic rings. The lowest BCUT2D eigenvalue weighted by Crippen LogP contribution is -2.37. The van der Waals surface area contributed by atoms with Crippen molar-refractivity contribution in [1.82, 2.24) is 0 Å². The molecule has 1 saturated carbocycles. The number of alkyl halides is 5. The molecule has 0 aromatic heterocycles. The molecule has 37 heavy (non-hydrogen) atoms. The number of nitrogens with zero attached hydrogens (tertiary/aromatic N) is 1. The zero-order chi connectivity index (χ0) is 27.7. The molecule has 0 aliphatic heterocycles. The smallest absolute Gasteiger partial charge is 0.326 e. The Morgan fingerprint density at radius 3 is 2.35 bits per heavy atom. The number of benzene rings is 2. The maximum Gasteiger partial charge on any atom is 0.523 e. The summed E-state index contributed by atoms with van der Waals surface area (Å²) in [5.41, 5.74) is -1.63. The first-order valence-corrected chi connectivity index (χ1v) is 11.6. The van der Waals surface area contributed by atoms with E-state index in [1.54, 1.807) is 0 Å². The van der Waals surface area contributed by atoms with Crippen molar-refractivity contribution < 1.29 is 41.1 Å². The number of likely N-dealkylation sites (N-methyl/N-ethyl adjacent to an activating group) is 1. The zero-order valence-electron chi connectivity index (χ0n) is 18.7. The van der Waals surface area contributed by atoms with Gasteiger partial charge in [0.1, 0.15) is 22.4 Å². The average Bonchev–Trinajstić information content (AvgIpc) is 3.45. The Labute approximate surface area is 221 Å². The molecule has 2 aromatic carbocycles. The van der Waals surface area contributed by atoms with Crippen LogP contribution < -0.4 is 15.5 Å². The predicted molar refractivity (Wildman–Crippen MR) is 127 cm³/mol. The number of nitrogens with one attached hydrogen (secondary N) is 2. The van der Waals surface area contributed by atoms with Gasteiger partial charge in [0.25, 0.3) is 11.8 Å². The number of carbonyl (C=O) groups excluding carboxylic acids is 3. The Morgan fingerprint density at radius 2 is 1.78 bits per heavy atom. The van der Waals surface area contributed by atoms with Crippen LogP contribution in [0.3, 0.4) is 0 Å². The van der Waals surface area contributed by atoms with E-state index in [0.717, 1.165) is 6.07 Å². The van der Waals surface area contributed by atoms with E-state index in [0.29, 0.717) is 11.0 Å². The minimum Gasteiger partial charge on any atom is -0.326 e. The fourth-order valence-electron chi connectivity index (χ4n) is 3.26. The summed E-state index contributed by atoms with van der Waals surface area (Å²) in [6.07, 6.45) is -4.89. The van der Waals surface area contributed by atoms with Gasteiger partial charge in [0, 0.05) is 12.2 Å². The van der Waals surface area contributed by atoms with Crippen molar-refractivity contribution in [2.45, 2.75) is 24.0 Å². The van der Waals surface area contributed by atoms with Crippen LogP contribution in [0.4, 0.5) is 39.0 Å². The zero-order valence-corrected chi connectivity index (χ0v) is 21.0. The molecule has 0 saturated heterocycles. The molecular formula is C22H17Cl3F5N3O4. The first-order valence-electron chi connectivity index (χ1n) is 10.4. The van der Waals surface area contributed by atoms with Crippen molar-refractivity contribution in [3.05, 3.63) is 52.6 Å². The quantitative estimate of drug-likeness (QED) is 0.297. The van der Waals surface area contributed by atoms with Gasteiger partial charge in [-0.2, -0.15) is 0 Å². The molecule has 2 N–H and O–H groups in total. The van der Waals surface area contributed by atoms with Gasteiger partial charge < -0.3 is 15.5 Å². The van der Waals surface area contributed by atoms with E-state index < -0.39 is 70.5 Å². The highest BCUT2D eigenvalue weighted by molar-refractivity contribution is 6.52. The van der Waals surface area contributed by atoms with E-state index in [2.05, 4.69) is 15.4 Å². The van der Waals surface area contributed by atoms with Gasteiger partial charge in [-0.1, -0.05) is 11.6 Å². The Balaban J connectivity index is 1.82. The van der Waals surface area contributed by atoms with Crippen LogP contribution in [-0.4, -0.2) is 41.6 Å². The van der Waals surface area contributed by atoms with Gasteiger partial charge in [0.05, 0.1) is 22.2 Å². The van der Waals surface area contributed by atoms with Gasteiger partial charge in [0.2, 0.25) is 5.91 Å². The molecule has 7 nitrogen and oxygen atoms in total. The van der Waals surface area contributed by atoms with Gasteiger partial charge in [-0.3, -0.25) is 19.1 Å². The number of hydrogen-bond donors (Lipinski definition) is 2. The van der Waals surface area contributed by atoms with Crippen molar-refractivity contribution in [2.24, 2.45) is 5.92 Å². The summed E-state index contributed by atoms with van der Waals surface area (Å²) in [5.74, 6) is -6.18. The Morgan fingerprint density at radius 1 is 1.14 bits per heavy atom. The van der Waals surface area contributed by atoms with Crippen LogP contribution in [0.2, 0.25) is 5.02 Å². The molecule has 15 heteroatoms. The Kier molecular flexibility index (Phi) is 8.57. The van der Waals surface area contributed by atoms with Crippen LogP contribution >= 0.6 is 34.8 Å². The largest absolute Gasteiger partial charge is 0.523 e. The van der Waals surface area contributed by atoms with Crippen LogP contribution in [-0.2, 0) is 14.3 Å². The molecule has 200 valence electrons. The first kappa shape index (κ1) is 28.9. The normalized spacial score (nSPS) is 16.2. The van der Waals surface area contributed by atoms with E-state index in [1.165, 1.54) is 25.1 Å². The summed E-state index contributed by atoms with van der Waals surface area (Å²) >= 11 is 17.8. The first-order chi connectivity index (χ1) is 17.1. The number of carbonyl (C=O) groups is 3. The molecule has 3 amide bonds. The molecular weight excluding hydrogens is 572 g/mol. The van der Waals surface area contributed by atoms with Gasteiger partial charge in [-0.25, -0.2) is 8.78 Å². The van der Waals surface area contributed by atoms with Gasteiger partial charge in [-0.15, -0.1) is 36.4 Å². The second-order valence-electron chi connectivity index (χ2n) is 7.79. The van der Waals surface area contributed by atoms with Crippen LogP contribution in [0.5, 0.6) is 0 Å². The average molecular weight is 589 g/mol. The molecule has 0 radical (unpaired) electrons. The number of hydrogen-bond acceptors (Lipinski definition) is 4. The second kappa shape index (κ2) is 11.0. The lowest BCUT2D eigenvalue weighted by atomic mass is 10.1. The number of amides is 3. The minimum atomic E-state index is -5.13. The Hall–Kier alpha value is -2.67. The molecule has 1 fully saturated rings. The number of anilines is 3. The summed E-state index contributed by atoms with van der Waals surface area (Å²) in [5, 5.41) is 4.61. The highest BCUT2D eigenvalue weighted by Crippen LogP contribution is 2.53. The minimum absolute atomic E-state index is 0.0802. The van der Waals surface area contributed by atoms with Gasteiger partial charge in [0.15, 0.2) is 5.82 Å². The third-order valence-electron chi connectivity index (χ3n) is 5.18. The van der Waals surface area contributed by atoms with E-state index in [-0.39, 0.29) is 22.7 Å². The highest BCUT2D eigenvalue weighted by atomic mass is 35.5. The number of halogens is 8. The van der Waals surface area contributed by atoms with Crippen molar-refractivity contribution in [1.29, 1.82) is 0 Å². The fourth-order valence-corrected chi connectivity index (χ4v) is 3.97. The number of rotatable bonds is 8. The summed E-state index contributed by atoms with van der Waals surface area (Å²) in [6, 6.07) is 5.45. The Bertz CT molecular complexity index is 1240. The molecule has 1 atom stereocenters. The van der Waals surface area contributed by atoms with Crippen molar-refractivity contribution in [2.75, 3.05) is 28.7 Å². The van der Waals surface area contributed by atoms with Crippen molar-refractivity contribution in [3.8, 4) is 0 Å². The third-order valence-corrected chi connectivity index (χ3v) is 6.35. The van der Waals surface area contributed by atoms with E-state index in [4.69, 9.17) is 34.8 Å². The van der Waals surface area contributed by atoms with Crippen LogP contribution in [0.1, 0.15) is 23.7 Å². The topological polar surface area (TPSA) is 87.7 Å². The lowest BCUT2D eigenvalue weighted by molar-refractivity contribution is -0.320. The molecule has 3 rings (SSSR count). The third kappa shape index (κ3) is 7.01. The standard InChI is InChI=1S/C22H17Cl3F5N3O4/c1-2-33(16(34)9-37-22(28,29)30)18-14(26)5-6-15(17(18)27)32-19(35)11-7-10(3-4-13(11)23)31-20(36)12-8-21(12,24)25/h3-7,12H,2,8-9H2,1H3,(H,31,36)(H,32,35). The monoisotopic (exact) mass is 587 g/mol. The SMILES string of the molecule is CCN(C(=O)COC(F)(F)F)c1c(F)ccc(NC(=O)c2cc(NC(=O)C3CC3(Cl)Cl)ccc2Cl)c1F. The summed E-state index contributed by atoms with van der Waals surface area (Å²) in [6.45, 7) is -0.655. The van der Waals surface area contributed by atoms with E-state index in [9.17, 15) is 31.9 Å².